The van der Waals surface area contributed by atoms with Crippen LogP contribution in [-0.4, -0.2) is 41.1 Å². The van der Waals surface area contributed by atoms with Gasteiger partial charge in [0, 0.05) is 50.8 Å². The maximum absolute atomic E-state index is 12.3. The molecule has 0 aliphatic heterocycles. The number of benzene rings is 2. The minimum atomic E-state index is -0.117. The maximum atomic E-state index is 12.3. The van der Waals surface area contributed by atoms with Crippen LogP contribution in [-0.2, 0) is 17.8 Å². The number of nitrogens with zero attached hydrogens (tertiary/aromatic N) is 4. The fraction of sp³-hybridized carbons (Fsp3) is 0.276. The predicted octanol–water partition coefficient (Wildman–Crippen LogP) is 4.96. The molecule has 2 aromatic heterocycles. The number of imidazole rings is 1. The Morgan fingerprint density at radius 1 is 1.08 bits per heavy atom. The lowest BCUT2D eigenvalue weighted by atomic mass is 10.1. The van der Waals surface area contributed by atoms with Crippen LogP contribution in [0.1, 0.15) is 31.2 Å². The molecule has 0 unspecified atom stereocenters. The lowest BCUT2D eigenvalue weighted by molar-refractivity contribution is -0.116. The number of pyridine rings is 1. The van der Waals surface area contributed by atoms with Crippen molar-refractivity contribution in [1.82, 2.24) is 19.9 Å². The van der Waals surface area contributed by atoms with Gasteiger partial charge in [-0.3, -0.25) is 4.79 Å². The van der Waals surface area contributed by atoms with Crippen LogP contribution in [0.3, 0.4) is 0 Å². The summed E-state index contributed by atoms with van der Waals surface area (Å²) in [7, 11) is 4.01. The van der Waals surface area contributed by atoms with E-state index in [1.165, 1.54) is 0 Å². The molecular weight excluding hydrogens is 448 g/mol. The van der Waals surface area contributed by atoms with E-state index < -0.39 is 0 Å². The van der Waals surface area contributed by atoms with Crippen molar-refractivity contribution in [2.24, 2.45) is 0 Å². The summed E-state index contributed by atoms with van der Waals surface area (Å²) in [6, 6.07) is 16.1. The summed E-state index contributed by atoms with van der Waals surface area (Å²) in [6.07, 6.45) is 5.88. The number of anilines is 2. The van der Waals surface area contributed by atoms with Gasteiger partial charge in [0.15, 0.2) is 5.82 Å². The summed E-state index contributed by atoms with van der Waals surface area (Å²) in [6.45, 7) is 7.58. The summed E-state index contributed by atoms with van der Waals surface area (Å²) < 4.78 is 2.25. The summed E-state index contributed by atoms with van der Waals surface area (Å²) in [5.74, 6) is 1.35. The monoisotopic (exact) mass is 482 g/mol. The molecular formula is C29H34N6O. The number of aryl methyl sites for hydroxylation is 2. The molecule has 0 bridgehead atoms. The van der Waals surface area contributed by atoms with E-state index in [-0.39, 0.29) is 5.91 Å². The molecule has 0 aliphatic carbocycles. The summed E-state index contributed by atoms with van der Waals surface area (Å²) >= 11 is 0. The Hall–Kier alpha value is -4.13. The van der Waals surface area contributed by atoms with Gasteiger partial charge in [-0.05, 0) is 48.3 Å². The second-order valence-electron chi connectivity index (χ2n) is 9.04. The van der Waals surface area contributed by atoms with Crippen molar-refractivity contribution >= 4 is 44.9 Å². The number of nitrogens with one attached hydrogen (secondary N) is 1. The number of allylic oxidation sites excluding steroid dienone is 2. The molecule has 36 heavy (non-hydrogen) atoms. The Balaban J connectivity index is 1.32. The first-order valence-electron chi connectivity index (χ1n) is 12.3. The molecule has 0 saturated carbocycles. The quantitative estimate of drug-likeness (QED) is 0.189. The number of amides is 1. The summed E-state index contributed by atoms with van der Waals surface area (Å²) in [4.78, 5) is 23.6. The molecule has 0 fully saturated rings. The Labute approximate surface area is 212 Å². The van der Waals surface area contributed by atoms with Crippen molar-refractivity contribution in [3.05, 3.63) is 78.6 Å². The second-order valence-corrected chi connectivity index (χ2v) is 9.04. The second kappa shape index (κ2) is 11.1. The molecule has 3 N–H and O–H groups in total. The van der Waals surface area contributed by atoms with Crippen LogP contribution in [0.25, 0.3) is 27.5 Å². The van der Waals surface area contributed by atoms with Crippen LogP contribution >= 0.6 is 0 Å². The number of carbonyl (C=O) groups excluding carboxylic acids is 1. The number of carbonyl (C=O) groups is 1. The molecule has 4 aromatic rings. The first-order chi connectivity index (χ1) is 17.4. The van der Waals surface area contributed by atoms with Crippen LogP contribution in [0.2, 0.25) is 0 Å². The number of unbranched alkanes of at least 4 members (excludes halogenated alkanes) is 1. The molecule has 4 rings (SSSR count). The number of nitrogen functional groups attached to an aromatic ring is 1. The highest BCUT2D eigenvalue weighted by atomic mass is 16.1. The van der Waals surface area contributed by atoms with Gasteiger partial charge in [0.25, 0.3) is 0 Å². The highest BCUT2D eigenvalue weighted by Gasteiger charge is 2.16. The molecule has 0 saturated heterocycles. The predicted molar refractivity (Wildman–Crippen MR) is 150 cm³/mol. The van der Waals surface area contributed by atoms with Crippen molar-refractivity contribution in [3.63, 3.8) is 0 Å². The Morgan fingerprint density at radius 3 is 2.56 bits per heavy atom. The number of hydrogen-bond acceptors (Lipinski definition) is 5. The van der Waals surface area contributed by atoms with Gasteiger partial charge in [-0.1, -0.05) is 43.8 Å². The topological polar surface area (TPSA) is 89.1 Å². The molecule has 1 amide bonds. The van der Waals surface area contributed by atoms with E-state index in [0.717, 1.165) is 70.4 Å². The van der Waals surface area contributed by atoms with Gasteiger partial charge in [0.2, 0.25) is 5.91 Å². The zero-order valence-electron chi connectivity index (χ0n) is 21.3. The Morgan fingerprint density at radius 2 is 1.83 bits per heavy atom. The highest BCUT2D eigenvalue weighted by molar-refractivity contribution is 6.06. The molecule has 7 heteroatoms. The number of rotatable bonds is 10. The number of para-hydroxylation sites is 1. The molecule has 186 valence electrons. The van der Waals surface area contributed by atoms with Crippen LogP contribution in [0.5, 0.6) is 0 Å². The molecule has 0 atom stereocenters. The standard InChI is InChI=1S/C29H34N6O/c1-5-25-33-27-28(23-10-6-7-11-24(23)32-29(27)30)35(25)19-9-8-18-31-26(36)17-12-20(2)21-13-15-22(16-14-21)34(3)4/h6-7,10-17H,2,5,8-9,18-19H2,1,3-4H3,(H2,30,32)(H,31,36)/b17-12+. The first kappa shape index (κ1) is 25.0. The zero-order chi connectivity index (χ0) is 25.7. The van der Waals surface area contributed by atoms with Crippen molar-refractivity contribution in [3.8, 4) is 0 Å². The number of fused-ring (bicyclic) bond motifs is 3. The summed E-state index contributed by atoms with van der Waals surface area (Å²) in [5.41, 5.74) is 11.8. The SMILES string of the molecule is C=C(/C=C/C(=O)NCCCCn1c(CC)nc2c(N)nc3ccccc3c21)c1ccc(N(C)C)cc1. The van der Waals surface area contributed by atoms with E-state index in [9.17, 15) is 4.79 Å². The van der Waals surface area contributed by atoms with Crippen LogP contribution < -0.4 is 16.0 Å². The normalized spacial score (nSPS) is 11.4. The van der Waals surface area contributed by atoms with Gasteiger partial charge in [0.05, 0.1) is 11.0 Å². The third-order valence-corrected chi connectivity index (χ3v) is 6.30. The number of aromatic nitrogens is 3. The summed E-state index contributed by atoms with van der Waals surface area (Å²) in [5, 5.41) is 4.03. The van der Waals surface area contributed by atoms with Gasteiger partial charge >= 0.3 is 0 Å². The fourth-order valence-corrected chi connectivity index (χ4v) is 4.33. The molecule has 0 spiro atoms. The van der Waals surface area contributed by atoms with Gasteiger partial charge in [-0.25, -0.2) is 9.97 Å². The van der Waals surface area contributed by atoms with Gasteiger partial charge in [-0.2, -0.15) is 0 Å². The molecule has 2 aromatic carbocycles. The smallest absolute Gasteiger partial charge is 0.243 e. The van der Waals surface area contributed by atoms with Gasteiger partial charge < -0.3 is 20.5 Å². The average Bonchev–Trinajstić information content (AvgIpc) is 3.26. The fourth-order valence-electron chi connectivity index (χ4n) is 4.33. The minimum Gasteiger partial charge on any atom is -0.382 e. The van der Waals surface area contributed by atoms with Gasteiger partial charge in [-0.15, -0.1) is 0 Å². The largest absolute Gasteiger partial charge is 0.382 e. The van der Waals surface area contributed by atoms with Crippen LogP contribution in [0, 0.1) is 0 Å². The van der Waals surface area contributed by atoms with E-state index in [1.54, 1.807) is 12.2 Å². The van der Waals surface area contributed by atoms with Crippen molar-refractivity contribution in [2.75, 3.05) is 31.3 Å². The van der Waals surface area contributed by atoms with Crippen molar-refractivity contribution < 1.29 is 4.79 Å². The van der Waals surface area contributed by atoms with E-state index in [2.05, 4.69) is 34.4 Å². The lowest BCUT2D eigenvalue weighted by Crippen LogP contribution is -2.22. The Kier molecular flexibility index (Phi) is 7.68. The minimum absolute atomic E-state index is 0.117. The van der Waals surface area contributed by atoms with Crippen LogP contribution in [0.15, 0.2) is 67.3 Å². The van der Waals surface area contributed by atoms with Gasteiger partial charge in [0.1, 0.15) is 11.3 Å². The molecule has 0 aliphatic rings. The molecule has 2 heterocycles. The molecule has 7 nitrogen and oxygen atoms in total. The third kappa shape index (κ3) is 5.40. The van der Waals surface area contributed by atoms with Crippen molar-refractivity contribution in [1.29, 1.82) is 0 Å². The van der Waals surface area contributed by atoms with E-state index in [1.807, 2.05) is 61.5 Å². The number of hydrogen-bond donors (Lipinski definition) is 2. The lowest BCUT2D eigenvalue weighted by Gasteiger charge is -2.12. The zero-order valence-corrected chi connectivity index (χ0v) is 21.3. The van der Waals surface area contributed by atoms with E-state index in [0.29, 0.717) is 12.4 Å². The van der Waals surface area contributed by atoms with E-state index in [4.69, 9.17) is 10.7 Å². The van der Waals surface area contributed by atoms with E-state index >= 15 is 0 Å². The highest BCUT2D eigenvalue weighted by Crippen LogP contribution is 2.29. The maximum Gasteiger partial charge on any atom is 0.243 e. The first-order valence-corrected chi connectivity index (χ1v) is 12.3. The van der Waals surface area contributed by atoms with Crippen LogP contribution in [0.4, 0.5) is 11.5 Å². The van der Waals surface area contributed by atoms with Crippen molar-refractivity contribution in [2.45, 2.75) is 32.7 Å². The Bertz CT molecular complexity index is 1420. The average molecular weight is 483 g/mol. The molecule has 0 radical (unpaired) electrons. The number of nitrogens with two attached hydrogens (primary N) is 1. The third-order valence-electron chi connectivity index (χ3n) is 6.30.